The summed E-state index contributed by atoms with van der Waals surface area (Å²) in [6, 6.07) is 9.18. The second kappa shape index (κ2) is 9.53. The largest absolute Gasteiger partial charge is 0.486 e. The van der Waals surface area contributed by atoms with Crippen LogP contribution in [0, 0.1) is 5.92 Å². The van der Waals surface area contributed by atoms with Crippen molar-refractivity contribution in [2.75, 3.05) is 38.5 Å². The van der Waals surface area contributed by atoms with Crippen LogP contribution in [-0.4, -0.2) is 54.7 Å². The molecule has 0 bridgehead atoms. The first kappa shape index (κ1) is 20.8. The van der Waals surface area contributed by atoms with Crippen molar-refractivity contribution < 1.29 is 14.3 Å². The maximum atomic E-state index is 12.2. The summed E-state index contributed by atoms with van der Waals surface area (Å²) in [5.41, 5.74) is 6.58. The van der Waals surface area contributed by atoms with Gasteiger partial charge < -0.3 is 20.5 Å². The van der Waals surface area contributed by atoms with Crippen LogP contribution in [0.25, 0.3) is 0 Å². The van der Waals surface area contributed by atoms with Crippen molar-refractivity contribution in [3.63, 3.8) is 0 Å². The first-order valence-electron chi connectivity index (χ1n) is 10.3. The van der Waals surface area contributed by atoms with Gasteiger partial charge in [0, 0.05) is 24.8 Å². The predicted molar refractivity (Wildman–Crippen MR) is 116 cm³/mol. The summed E-state index contributed by atoms with van der Waals surface area (Å²) < 4.78 is 11.9. The zero-order valence-corrected chi connectivity index (χ0v) is 17.6. The van der Waals surface area contributed by atoms with Gasteiger partial charge in [-0.3, -0.25) is 9.69 Å². The van der Waals surface area contributed by atoms with Gasteiger partial charge in [0.05, 0.1) is 11.4 Å². The molecule has 1 saturated heterocycles. The number of para-hydroxylation sites is 1. The standard InChI is InChI=1S/C22H27ClN4O3/c23-18-4-1-5-19-21(18)30-17(14-29-19)13-27-9-6-15(7-10-27)12-26-20(28)11-16-3-2-8-25-22(16)24/h1-5,8,15,17H,6-7,9-14H2,(H2,24,25)(H,26,28)/t17-/m0/s1. The number of likely N-dealkylation sites (tertiary alicyclic amines) is 1. The molecule has 1 amide bonds. The van der Waals surface area contributed by atoms with Gasteiger partial charge in [-0.1, -0.05) is 23.7 Å². The summed E-state index contributed by atoms with van der Waals surface area (Å²) in [6.45, 7) is 3.99. The van der Waals surface area contributed by atoms with Crippen molar-refractivity contribution in [3.8, 4) is 11.5 Å². The number of anilines is 1. The zero-order chi connectivity index (χ0) is 20.9. The van der Waals surface area contributed by atoms with Gasteiger partial charge in [-0.25, -0.2) is 4.98 Å². The number of nitrogens with zero attached hydrogens (tertiary/aromatic N) is 2. The van der Waals surface area contributed by atoms with E-state index >= 15 is 0 Å². The molecule has 0 radical (unpaired) electrons. The molecule has 2 aromatic rings. The fraction of sp³-hybridized carbons (Fsp3) is 0.455. The SMILES string of the molecule is Nc1ncccc1CC(=O)NCC1CCN(C[C@H]2COc3cccc(Cl)c3O2)CC1. The number of hydrogen-bond acceptors (Lipinski definition) is 6. The van der Waals surface area contributed by atoms with E-state index in [9.17, 15) is 4.79 Å². The molecule has 0 spiro atoms. The second-order valence-corrected chi connectivity index (χ2v) is 8.30. The van der Waals surface area contributed by atoms with E-state index in [2.05, 4.69) is 15.2 Å². The molecule has 0 unspecified atom stereocenters. The van der Waals surface area contributed by atoms with Gasteiger partial charge >= 0.3 is 0 Å². The minimum atomic E-state index is -0.0291. The summed E-state index contributed by atoms with van der Waals surface area (Å²) in [4.78, 5) is 18.6. The van der Waals surface area contributed by atoms with Crippen LogP contribution in [-0.2, 0) is 11.2 Å². The lowest BCUT2D eigenvalue weighted by molar-refractivity contribution is -0.120. The summed E-state index contributed by atoms with van der Waals surface area (Å²) in [5.74, 6) is 2.23. The lowest BCUT2D eigenvalue weighted by atomic mass is 9.96. The number of piperidine rings is 1. The highest BCUT2D eigenvalue weighted by molar-refractivity contribution is 6.32. The maximum Gasteiger partial charge on any atom is 0.224 e. The van der Waals surface area contributed by atoms with Crippen LogP contribution in [0.15, 0.2) is 36.5 Å². The third-order valence-corrected chi connectivity index (χ3v) is 5.97. The lowest BCUT2D eigenvalue weighted by Gasteiger charge is -2.35. The van der Waals surface area contributed by atoms with Crippen molar-refractivity contribution in [3.05, 3.63) is 47.1 Å². The van der Waals surface area contributed by atoms with Crippen molar-refractivity contribution in [1.82, 2.24) is 15.2 Å². The molecule has 2 aliphatic rings. The molecule has 7 nitrogen and oxygen atoms in total. The molecule has 3 N–H and O–H groups in total. The van der Waals surface area contributed by atoms with Gasteiger partial charge in [0.1, 0.15) is 18.5 Å². The van der Waals surface area contributed by atoms with Crippen LogP contribution in [0.2, 0.25) is 5.02 Å². The third-order valence-electron chi connectivity index (χ3n) is 5.67. The number of benzene rings is 1. The monoisotopic (exact) mass is 430 g/mol. The smallest absolute Gasteiger partial charge is 0.224 e. The molecule has 2 aliphatic heterocycles. The molecule has 160 valence electrons. The fourth-order valence-electron chi connectivity index (χ4n) is 3.95. The lowest BCUT2D eigenvalue weighted by Crippen LogP contribution is -2.45. The number of fused-ring (bicyclic) bond motifs is 1. The van der Waals surface area contributed by atoms with Crippen LogP contribution in [0.5, 0.6) is 11.5 Å². The number of rotatable bonds is 6. The van der Waals surface area contributed by atoms with Crippen molar-refractivity contribution in [2.24, 2.45) is 5.92 Å². The van der Waals surface area contributed by atoms with E-state index in [0.29, 0.717) is 41.4 Å². The Morgan fingerprint density at radius 2 is 2.10 bits per heavy atom. The number of carbonyl (C=O) groups excluding carboxylic acids is 1. The van der Waals surface area contributed by atoms with E-state index in [1.54, 1.807) is 12.3 Å². The number of ether oxygens (including phenoxy) is 2. The Morgan fingerprint density at radius 3 is 2.90 bits per heavy atom. The van der Waals surface area contributed by atoms with Gasteiger partial charge in [0.2, 0.25) is 5.91 Å². The summed E-state index contributed by atoms with van der Waals surface area (Å²) in [6.07, 6.45) is 3.95. The molecule has 1 aromatic heterocycles. The number of pyridine rings is 1. The Hall–Kier alpha value is -2.51. The Morgan fingerprint density at radius 1 is 1.27 bits per heavy atom. The van der Waals surface area contributed by atoms with Crippen LogP contribution in [0.1, 0.15) is 18.4 Å². The number of nitrogens with one attached hydrogen (secondary N) is 1. The summed E-state index contributed by atoms with van der Waals surface area (Å²) in [7, 11) is 0. The minimum absolute atomic E-state index is 0.0135. The number of aromatic nitrogens is 1. The summed E-state index contributed by atoms with van der Waals surface area (Å²) >= 11 is 6.23. The molecule has 3 heterocycles. The van der Waals surface area contributed by atoms with Crippen molar-refractivity contribution in [1.29, 1.82) is 0 Å². The maximum absolute atomic E-state index is 12.2. The molecule has 0 aliphatic carbocycles. The molecular formula is C22H27ClN4O3. The molecule has 4 rings (SSSR count). The normalized spacial score (nSPS) is 19.4. The Balaban J connectivity index is 1.18. The molecule has 1 fully saturated rings. The van der Waals surface area contributed by atoms with E-state index < -0.39 is 0 Å². The molecule has 1 aromatic carbocycles. The predicted octanol–water partition coefficient (Wildman–Crippen LogP) is 2.53. The quantitative estimate of drug-likeness (QED) is 0.732. The van der Waals surface area contributed by atoms with E-state index in [-0.39, 0.29) is 18.4 Å². The van der Waals surface area contributed by atoms with Gasteiger partial charge in [-0.05, 0) is 50.0 Å². The van der Waals surface area contributed by atoms with Crippen LogP contribution in [0.4, 0.5) is 5.82 Å². The highest BCUT2D eigenvalue weighted by Gasteiger charge is 2.27. The Labute approximate surface area is 181 Å². The van der Waals surface area contributed by atoms with E-state index in [1.165, 1.54) is 0 Å². The first-order chi connectivity index (χ1) is 14.6. The van der Waals surface area contributed by atoms with Gasteiger partial charge in [0.15, 0.2) is 11.5 Å². The van der Waals surface area contributed by atoms with Gasteiger partial charge in [-0.2, -0.15) is 0 Å². The first-order valence-corrected chi connectivity index (χ1v) is 10.7. The topological polar surface area (TPSA) is 89.7 Å². The van der Waals surface area contributed by atoms with Crippen LogP contribution >= 0.6 is 11.6 Å². The number of nitrogens with two attached hydrogens (primary N) is 1. The van der Waals surface area contributed by atoms with E-state index in [0.717, 1.165) is 38.0 Å². The van der Waals surface area contributed by atoms with Crippen molar-refractivity contribution in [2.45, 2.75) is 25.4 Å². The fourth-order valence-corrected chi connectivity index (χ4v) is 4.16. The van der Waals surface area contributed by atoms with E-state index in [1.807, 2.05) is 24.3 Å². The second-order valence-electron chi connectivity index (χ2n) is 7.89. The number of carbonyl (C=O) groups is 1. The molecule has 30 heavy (non-hydrogen) atoms. The zero-order valence-electron chi connectivity index (χ0n) is 16.9. The molecular weight excluding hydrogens is 404 g/mol. The Kier molecular flexibility index (Phi) is 6.59. The average Bonchev–Trinajstić information content (AvgIpc) is 2.75. The molecule has 8 heteroatoms. The third kappa shape index (κ3) is 5.15. The highest BCUT2D eigenvalue weighted by Crippen LogP contribution is 2.38. The highest BCUT2D eigenvalue weighted by atomic mass is 35.5. The van der Waals surface area contributed by atoms with Crippen LogP contribution < -0.4 is 20.5 Å². The minimum Gasteiger partial charge on any atom is -0.486 e. The van der Waals surface area contributed by atoms with Crippen LogP contribution in [0.3, 0.4) is 0 Å². The number of halogens is 1. The molecule has 0 saturated carbocycles. The molecule has 1 atom stereocenters. The number of nitrogen functional groups attached to an aromatic ring is 1. The Bertz CT molecular complexity index is 886. The van der Waals surface area contributed by atoms with Crippen molar-refractivity contribution >= 4 is 23.3 Å². The number of hydrogen-bond donors (Lipinski definition) is 2. The average molecular weight is 431 g/mol. The summed E-state index contributed by atoms with van der Waals surface area (Å²) in [5, 5.41) is 3.62. The van der Waals surface area contributed by atoms with E-state index in [4.69, 9.17) is 26.8 Å². The number of amides is 1. The van der Waals surface area contributed by atoms with Gasteiger partial charge in [-0.15, -0.1) is 0 Å². The van der Waals surface area contributed by atoms with Gasteiger partial charge in [0.25, 0.3) is 0 Å².